The van der Waals surface area contributed by atoms with Gasteiger partial charge in [-0.3, -0.25) is 14.4 Å². The van der Waals surface area contributed by atoms with E-state index in [1.54, 1.807) is 57.2 Å². The number of hydrogen-bond acceptors (Lipinski definition) is 8. The lowest BCUT2D eigenvalue weighted by Gasteiger charge is -2.30. The van der Waals surface area contributed by atoms with Crippen molar-refractivity contribution in [3.63, 3.8) is 0 Å². The summed E-state index contributed by atoms with van der Waals surface area (Å²) in [6.45, 7) is 4.91. The average Bonchev–Trinajstić information content (AvgIpc) is 2.84. The Kier molecular flexibility index (Phi) is 8.94. The van der Waals surface area contributed by atoms with E-state index in [0.717, 1.165) is 10.5 Å². The van der Waals surface area contributed by atoms with Gasteiger partial charge >= 0.3 is 12.1 Å². The normalized spacial score (nSPS) is 16.5. The number of anilines is 1. The molecular formula is C26H30N4O7. The van der Waals surface area contributed by atoms with Crippen molar-refractivity contribution in [3.05, 3.63) is 60.3 Å². The van der Waals surface area contributed by atoms with Crippen molar-refractivity contribution in [2.45, 2.75) is 64.3 Å². The van der Waals surface area contributed by atoms with Gasteiger partial charge < -0.3 is 20.1 Å². The highest BCUT2D eigenvalue weighted by Gasteiger charge is 2.37. The molecule has 4 amide bonds. The van der Waals surface area contributed by atoms with Gasteiger partial charge in [-0.15, -0.1) is 0 Å². The zero-order valence-corrected chi connectivity index (χ0v) is 20.9. The molecule has 0 bridgehead atoms. The van der Waals surface area contributed by atoms with Gasteiger partial charge in [0.05, 0.1) is 6.42 Å². The van der Waals surface area contributed by atoms with Crippen molar-refractivity contribution in [1.82, 2.24) is 15.6 Å². The molecular weight excluding hydrogens is 480 g/mol. The van der Waals surface area contributed by atoms with Crippen LogP contribution in [0.2, 0.25) is 0 Å². The van der Waals surface area contributed by atoms with Crippen LogP contribution in [0.15, 0.2) is 54.7 Å². The van der Waals surface area contributed by atoms with Crippen LogP contribution in [-0.4, -0.2) is 52.5 Å². The minimum Gasteiger partial charge on any atom is -0.459 e. The number of hydrogen-bond donors (Lipinski definition) is 2. The Morgan fingerprint density at radius 1 is 1.08 bits per heavy atom. The van der Waals surface area contributed by atoms with Crippen LogP contribution in [0.5, 0.6) is 0 Å². The lowest BCUT2D eigenvalue weighted by molar-refractivity contribution is -0.149. The fourth-order valence-electron chi connectivity index (χ4n) is 3.55. The molecule has 11 heteroatoms. The van der Waals surface area contributed by atoms with Crippen LogP contribution in [0.4, 0.5) is 10.6 Å². The second-order valence-corrected chi connectivity index (χ2v) is 9.41. The summed E-state index contributed by atoms with van der Waals surface area (Å²) in [5.41, 5.74) is -0.107. The lowest BCUT2D eigenvalue weighted by atomic mass is 10.0. The number of nitrogens with one attached hydrogen (secondary N) is 2. The van der Waals surface area contributed by atoms with E-state index < -0.39 is 53.9 Å². The van der Waals surface area contributed by atoms with Crippen molar-refractivity contribution in [1.29, 1.82) is 0 Å². The van der Waals surface area contributed by atoms with Crippen molar-refractivity contribution in [3.8, 4) is 0 Å². The van der Waals surface area contributed by atoms with Crippen LogP contribution < -0.4 is 15.5 Å². The molecule has 1 saturated heterocycles. The molecule has 2 aromatic rings. The van der Waals surface area contributed by atoms with Crippen LogP contribution in [0.3, 0.4) is 0 Å². The highest BCUT2D eigenvalue weighted by atomic mass is 16.6. The summed E-state index contributed by atoms with van der Waals surface area (Å²) < 4.78 is 10.5. The number of carbonyl (C=O) groups excluding carboxylic acids is 5. The van der Waals surface area contributed by atoms with Crippen molar-refractivity contribution >= 4 is 35.6 Å². The van der Waals surface area contributed by atoms with E-state index in [-0.39, 0.29) is 25.3 Å². The Morgan fingerprint density at radius 2 is 1.78 bits per heavy atom. The molecule has 11 nitrogen and oxygen atoms in total. The first-order valence-corrected chi connectivity index (χ1v) is 11.8. The van der Waals surface area contributed by atoms with Gasteiger partial charge in [-0.25, -0.2) is 19.5 Å². The highest BCUT2D eigenvalue weighted by Crippen LogP contribution is 2.20. The zero-order valence-electron chi connectivity index (χ0n) is 20.9. The molecule has 196 valence electrons. The minimum absolute atomic E-state index is 0.0198. The predicted molar refractivity (Wildman–Crippen MR) is 132 cm³/mol. The number of ether oxygens (including phenoxy) is 2. The second kappa shape index (κ2) is 12.1. The van der Waals surface area contributed by atoms with Gasteiger partial charge in [-0.05, 0) is 44.9 Å². The predicted octanol–water partition coefficient (Wildman–Crippen LogP) is 2.25. The second-order valence-electron chi connectivity index (χ2n) is 9.41. The zero-order chi connectivity index (χ0) is 27.0. The standard InChI is InChI=1S/C26H30N4O7/c1-26(2,3)37-25(35)29-19(24(34)36-16-17-9-5-4-6-10-17)15-21(31)28-18-12-13-22(32)30(23(18)33)20-11-7-8-14-27-20/h4-11,14,18-19H,12-13,15-16H2,1-3H3,(H,28,31)(H,29,35). The number of amides is 4. The fourth-order valence-corrected chi connectivity index (χ4v) is 3.55. The summed E-state index contributed by atoms with van der Waals surface area (Å²) in [6, 6.07) is 11.3. The first-order valence-electron chi connectivity index (χ1n) is 11.8. The molecule has 3 rings (SSSR count). The van der Waals surface area contributed by atoms with E-state index in [1.165, 1.54) is 12.3 Å². The van der Waals surface area contributed by atoms with E-state index >= 15 is 0 Å². The van der Waals surface area contributed by atoms with Crippen molar-refractivity contribution in [2.24, 2.45) is 0 Å². The van der Waals surface area contributed by atoms with E-state index in [4.69, 9.17) is 9.47 Å². The number of aromatic nitrogens is 1. The molecule has 1 aromatic carbocycles. The van der Waals surface area contributed by atoms with Gasteiger partial charge in [0.25, 0.3) is 5.91 Å². The maximum atomic E-state index is 13.0. The summed E-state index contributed by atoms with van der Waals surface area (Å²) in [6.07, 6.45) is 0.157. The number of pyridine rings is 1. The molecule has 2 N–H and O–H groups in total. The van der Waals surface area contributed by atoms with E-state index in [9.17, 15) is 24.0 Å². The Morgan fingerprint density at radius 3 is 2.43 bits per heavy atom. The molecule has 0 radical (unpaired) electrons. The van der Waals surface area contributed by atoms with E-state index in [1.807, 2.05) is 6.07 Å². The third kappa shape index (κ3) is 8.13. The number of piperidine rings is 1. The quantitative estimate of drug-likeness (QED) is 0.406. The Hall–Kier alpha value is -4.28. The molecule has 37 heavy (non-hydrogen) atoms. The Bertz CT molecular complexity index is 1130. The van der Waals surface area contributed by atoms with Crippen molar-refractivity contribution in [2.75, 3.05) is 4.90 Å². The first kappa shape index (κ1) is 27.3. The van der Waals surface area contributed by atoms with Crippen LogP contribution >= 0.6 is 0 Å². The van der Waals surface area contributed by atoms with E-state index in [2.05, 4.69) is 15.6 Å². The molecule has 1 aromatic heterocycles. The molecule has 1 fully saturated rings. The molecule has 2 unspecified atom stereocenters. The Balaban J connectivity index is 1.67. The summed E-state index contributed by atoms with van der Waals surface area (Å²) in [7, 11) is 0. The van der Waals surface area contributed by atoms with Gasteiger partial charge in [0, 0.05) is 12.6 Å². The van der Waals surface area contributed by atoms with Crippen LogP contribution in [-0.2, 0) is 35.3 Å². The third-order valence-corrected chi connectivity index (χ3v) is 5.22. The number of nitrogens with zero attached hydrogens (tertiary/aromatic N) is 2. The molecule has 0 saturated carbocycles. The number of carbonyl (C=O) groups is 5. The maximum Gasteiger partial charge on any atom is 0.408 e. The molecule has 1 aliphatic rings. The third-order valence-electron chi connectivity index (χ3n) is 5.22. The minimum atomic E-state index is -1.37. The molecule has 0 aliphatic carbocycles. The van der Waals surface area contributed by atoms with E-state index in [0.29, 0.717) is 0 Å². The average molecular weight is 511 g/mol. The monoisotopic (exact) mass is 510 g/mol. The van der Waals surface area contributed by atoms with Crippen LogP contribution in [0.25, 0.3) is 0 Å². The molecule has 1 aliphatic heterocycles. The van der Waals surface area contributed by atoms with Crippen LogP contribution in [0.1, 0.15) is 45.6 Å². The van der Waals surface area contributed by atoms with Gasteiger partial charge in [-0.1, -0.05) is 36.4 Å². The number of benzene rings is 1. The van der Waals surface area contributed by atoms with Gasteiger partial charge in [0.2, 0.25) is 11.8 Å². The maximum absolute atomic E-state index is 13.0. The smallest absolute Gasteiger partial charge is 0.408 e. The van der Waals surface area contributed by atoms with Gasteiger partial charge in [0.15, 0.2) is 0 Å². The van der Waals surface area contributed by atoms with Gasteiger partial charge in [-0.2, -0.15) is 0 Å². The largest absolute Gasteiger partial charge is 0.459 e. The summed E-state index contributed by atoms with van der Waals surface area (Å²) in [5.74, 6) is -2.43. The number of rotatable bonds is 8. The lowest BCUT2D eigenvalue weighted by Crippen LogP contribution is -2.56. The number of esters is 1. The van der Waals surface area contributed by atoms with Crippen LogP contribution in [0, 0.1) is 0 Å². The first-order chi connectivity index (χ1) is 17.5. The SMILES string of the molecule is CC(C)(C)OC(=O)NC(CC(=O)NC1CCC(=O)N(c2ccccn2)C1=O)C(=O)OCc1ccccc1. The molecule has 2 atom stereocenters. The summed E-state index contributed by atoms with van der Waals surface area (Å²) in [4.78, 5) is 68.3. The fraction of sp³-hybridized carbons (Fsp3) is 0.385. The Labute approximate surface area is 214 Å². The molecule has 0 spiro atoms. The summed E-state index contributed by atoms with van der Waals surface area (Å²) >= 11 is 0. The summed E-state index contributed by atoms with van der Waals surface area (Å²) in [5, 5.41) is 4.93. The topological polar surface area (TPSA) is 144 Å². The number of alkyl carbamates (subject to hydrolysis) is 1. The van der Waals surface area contributed by atoms with Crippen molar-refractivity contribution < 1.29 is 33.4 Å². The highest BCUT2D eigenvalue weighted by molar-refractivity contribution is 6.18. The molecule has 2 heterocycles. The number of imide groups is 1. The van der Waals surface area contributed by atoms with Gasteiger partial charge in [0.1, 0.15) is 30.1 Å².